The van der Waals surface area contributed by atoms with E-state index in [0.29, 0.717) is 0 Å². The van der Waals surface area contributed by atoms with Gasteiger partial charge in [-0.3, -0.25) is 0 Å². The number of anilines is 2. The van der Waals surface area contributed by atoms with Gasteiger partial charge in [0.25, 0.3) is 0 Å². The lowest BCUT2D eigenvalue weighted by atomic mass is 10.0. The molecular weight excluding hydrogens is 208 g/mol. The van der Waals surface area contributed by atoms with Crippen LogP contribution in [0.15, 0.2) is 24.3 Å². The van der Waals surface area contributed by atoms with E-state index in [1.165, 1.54) is 32.1 Å². The fourth-order valence-corrected chi connectivity index (χ4v) is 1.91. The van der Waals surface area contributed by atoms with Gasteiger partial charge < -0.3 is 11.1 Å². The molecule has 0 aromatic heterocycles. The fourth-order valence-electron chi connectivity index (χ4n) is 1.91. The van der Waals surface area contributed by atoms with Crippen LogP contribution in [0, 0.1) is 5.92 Å². The average molecular weight is 234 g/mol. The third-order valence-electron chi connectivity index (χ3n) is 2.98. The summed E-state index contributed by atoms with van der Waals surface area (Å²) in [5.74, 6) is 0.845. The number of nitrogens with two attached hydrogens (primary N) is 1. The monoisotopic (exact) mass is 234 g/mol. The summed E-state index contributed by atoms with van der Waals surface area (Å²) < 4.78 is 0. The van der Waals surface area contributed by atoms with Crippen LogP contribution in [0.3, 0.4) is 0 Å². The van der Waals surface area contributed by atoms with Gasteiger partial charge in [0, 0.05) is 6.54 Å². The minimum atomic E-state index is 0.840. The van der Waals surface area contributed by atoms with E-state index in [1.807, 2.05) is 24.3 Å². The smallest absolute Gasteiger partial charge is 0.0573 e. The van der Waals surface area contributed by atoms with Crippen molar-refractivity contribution >= 4 is 11.4 Å². The van der Waals surface area contributed by atoms with Crippen LogP contribution in [0.25, 0.3) is 0 Å². The normalized spacial score (nSPS) is 10.8. The zero-order valence-electron chi connectivity index (χ0n) is 11.2. The zero-order chi connectivity index (χ0) is 12.5. The molecule has 0 atom stereocenters. The summed E-state index contributed by atoms with van der Waals surface area (Å²) in [7, 11) is 0. The van der Waals surface area contributed by atoms with Crippen LogP contribution >= 0.6 is 0 Å². The molecule has 0 aliphatic carbocycles. The van der Waals surface area contributed by atoms with E-state index in [0.717, 1.165) is 23.8 Å². The molecule has 0 radical (unpaired) electrons. The predicted octanol–water partition coefficient (Wildman–Crippen LogP) is 4.29. The Morgan fingerprint density at radius 2 is 1.76 bits per heavy atom. The maximum atomic E-state index is 5.85. The number of nitrogen functional groups attached to an aromatic ring is 1. The van der Waals surface area contributed by atoms with Crippen LogP contribution in [0.2, 0.25) is 0 Å². The topological polar surface area (TPSA) is 38.0 Å². The number of para-hydroxylation sites is 2. The molecule has 1 aromatic carbocycles. The number of unbranched alkanes of at least 4 members (excludes halogenated alkanes) is 3. The fraction of sp³-hybridized carbons (Fsp3) is 0.600. The molecule has 2 nitrogen and oxygen atoms in total. The van der Waals surface area contributed by atoms with E-state index in [2.05, 4.69) is 19.2 Å². The lowest BCUT2D eigenvalue weighted by molar-refractivity contribution is 0.523. The molecule has 2 heteroatoms. The van der Waals surface area contributed by atoms with Gasteiger partial charge in [-0.1, -0.05) is 51.7 Å². The zero-order valence-corrected chi connectivity index (χ0v) is 11.2. The second-order valence-corrected chi connectivity index (χ2v) is 5.11. The number of hydrogen-bond acceptors (Lipinski definition) is 2. The minimum Gasteiger partial charge on any atom is -0.397 e. The molecule has 0 aliphatic rings. The van der Waals surface area contributed by atoms with E-state index >= 15 is 0 Å². The molecule has 1 aromatic rings. The first-order valence-corrected chi connectivity index (χ1v) is 6.78. The molecule has 0 heterocycles. The quantitative estimate of drug-likeness (QED) is 0.520. The first-order chi connectivity index (χ1) is 8.20. The van der Waals surface area contributed by atoms with Gasteiger partial charge in [-0.25, -0.2) is 0 Å². The largest absolute Gasteiger partial charge is 0.397 e. The molecule has 0 bridgehead atoms. The number of benzene rings is 1. The summed E-state index contributed by atoms with van der Waals surface area (Å²) in [6.45, 7) is 5.61. The molecule has 0 spiro atoms. The van der Waals surface area contributed by atoms with E-state index in [1.54, 1.807) is 0 Å². The highest BCUT2D eigenvalue weighted by molar-refractivity contribution is 5.65. The molecule has 0 saturated carbocycles. The van der Waals surface area contributed by atoms with Crippen LogP contribution in [0.1, 0.15) is 46.0 Å². The lowest BCUT2D eigenvalue weighted by Crippen LogP contribution is -2.03. The van der Waals surface area contributed by atoms with E-state index in [-0.39, 0.29) is 0 Å². The van der Waals surface area contributed by atoms with Crippen molar-refractivity contribution in [3.05, 3.63) is 24.3 Å². The Balaban J connectivity index is 2.03. The molecular formula is C15H26N2. The van der Waals surface area contributed by atoms with Crippen molar-refractivity contribution in [1.82, 2.24) is 0 Å². The summed E-state index contributed by atoms with van der Waals surface area (Å²) in [6, 6.07) is 7.95. The molecule has 0 aliphatic heterocycles. The third kappa shape index (κ3) is 6.20. The predicted molar refractivity (Wildman–Crippen MR) is 77.3 cm³/mol. The Bertz CT molecular complexity index is 308. The van der Waals surface area contributed by atoms with Crippen LogP contribution in [0.5, 0.6) is 0 Å². The Kier molecular flexibility index (Phi) is 6.53. The van der Waals surface area contributed by atoms with E-state index in [4.69, 9.17) is 5.73 Å². The molecule has 0 amide bonds. The van der Waals surface area contributed by atoms with Crippen molar-refractivity contribution in [2.45, 2.75) is 46.0 Å². The van der Waals surface area contributed by atoms with Crippen molar-refractivity contribution in [3.8, 4) is 0 Å². The molecule has 3 N–H and O–H groups in total. The van der Waals surface area contributed by atoms with Gasteiger partial charge in [-0.2, -0.15) is 0 Å². The Morgan fingerprint density at radius 3 is 2.47 bits per heavy atom. The first kappa shape index (κ1) is 13.9. The molecule has 96 valence electrons. The number of rotatable bonds is 8. The SMILES string of the molecule is CC(C)CCCCCCNc1ccccc1N. The summed E-state index contributed by atoms with van der Waals surface area (Å²) in [6.07, 6.45) is 6.62. The van der Waals surface area contributed by atoms with Crippen molar-refractivity contribution in [2.75, 3.05) is 17.6 Å². The van der Waals surface area contributed by atoms with Gasteiger partial charge in [0.1, 0.15) is 0 Å². The summed E-state index contributed by atoms with van der Waals surface area (Å²) in [5, 5.41) is 3.39. The Morgan fingerprint density at radius 1 is 1.06 bits per heavy atom. The molecule has 17 heavy (non-hydrogen) atoms. The van der Waals surface area contributed by atoms with Gasteiger partial charge in [-0.05, 0) is 24.5 Å². The highest BCUT2D eigenvalue weighted by Crippen LogP contribution is 2.16. The standard InChI is InChI=1S/C15H26N2/c1-13(2)9-5-3-4-8-12-17-15-11-7-6-10-14(15)16/h6-7,10-11,13,17H,3-5,8-9,12,16H2,1-2H3. The number of nitrogens with one attached hydrogen (secondary N) is 1. The summed E-state index contributed by atoms with van der Waals surface area (Å²) in [4.78, 5) is 0. The first-order valence-electron chi connectivity index (χ1n) is 6.78. The van der Waals surface area contributed by atoms with Gasteiger partial charge in [0.05, 0.1) is 11.4 Å². The van der Waals surface area contributed by atoms with Crippen LogP contribution in [-0.2, 0) is 0 Å². The maximum absolute atomic E-state index is 5.85. The van der Waals surface area contributed by atoms with Crippen molar-refractivity contribution in [3.63, 3.8) is 0 Å². The van der Waals surface area contributed by atoms with Gasteiger partial charge >= 0.3 is 0 Å². The van der Waals surface area contributed by atoms with Gasteiger partial charge in [0.2, 0.25) is 0 Å². The molecule has 0 saturated heterocycles. The lowest BCUT2D eigenvalue weighted by Gasteiger charge is -2.09. The molecule has 1 rings (SSSR count). The van der Waals surface area contributed by atoms with Gasteiger partial charge in [0.15, 0.2) is 0 Å². The third-order valence-corrected chi connectivity index (χ3v) is 2.98. The minimum absolute atomic E-state index is 0.840. The van der Waals surface area contributed by atoms with Crippen LogP contribution in [0.4, 0.5) is 11.4 Å². The highest BCUT2D eigenvalue weighted by Gasteiger charge is 1.97. The number of hydrogen-bond donors (Lipinski definition) is 2. The molecule has 0 fully saturated rings. The van der Waals surface area contributed by atoms with Crippen LogP contribution < -0.4 is 11.1 Å². The van der Waals surface area contributed by atoms with Gasteiger partial charge in [-0.15, -0.1) is 0 Å². The van der Waals surface area contributed by atoms with Crippen molar-refractivity contribution in [1.29, 1.82) is 0 Å². The Hall–Kier alpha value is -1.18. The highest BCUT2D eigenvalue weighted by atomic mass is 14.9. The van der Waals surface area contributed by atoms with E-state index in [9.17, 15) is 0 Å². The van der Waals surface area contributed by atoms with E-state index < -0.39 is 0 Å². The van der Waals surface area contributed by atoms with Crippen LogP contribution in [-0.4, -0.2) is 6.54 Å². The molecule has 0 unspecified atom stereocenters. The maximum Gasteiger partial charge on any atom is 0.0573 e. The second kappa shape index (κ2) is 7.99. The Labute approximate surface area is 106 Å². The average Bonchev–Trinajstić information content (AvgIpc) is 2.30. The summed E-state index contributed by atoms with van der Waals surface area (Å²) in [5.41, 5.74) is 7.76. The summed E-state index contributed by atoms with van der Waals surface area (Å²) >= 11 is 0. The van der Waals surface area contributed by atoms with Crippen molar-refractivity contribution in [2.24, 2.45) is 5.92 Å². The second-order valence-electron chi connectivity index (χ2n) is 5.11. The van der Waals surface area contributed by atoms with Crippen molar-refractivity contribution < 1.29 is 0 Å².